The van der Waals surface area contributed by atoms with E-state index < -0.39 is 11.7 Å². The van der Waals surface area contributed by atoms with Crippen LogP contribution in [0.3, 0.4) is 0 Å². The first-order valence-corrected chi connectivity index (χ1v) is 10.9. The number of carbonyl (C=O) groups is 2. The summed E-state index contributed by atoms with van der Waals surface area (Å²) in [5, 5.41) is 3.01. The zero-order chi connectivity index (χ0) is 20.9. The van der Waals surface area contributed by atoms with E-state index in [1.807, 2.05) is 32.9 Å². The Morgan fingerprint density at radius 3 is 2.59 bits per heavy atom. The predicted octanol–water partition coefficient (Wildman–Crippen LogP) is 4.42. The van der Waals surface area contributed by atoms with Gasteiger partial charge in [0, 0.05) is 24.9 Å². The van der Waals surface area contributed by atoms with Crippen molar-refractivity contribution in [1.82, 2.24) is 10.3 Å². The van der Waals surface area contributed by atoms with Crippen LogP contribution >= 0.6 is 0 Å². The fraction of sp³-hybridized carbons (Fsp3) is 0.696. The summed E-state index contributed by atoms with van der Waals surface area (Å²) in [6, 6.07) is 3.64. The van der Waals surface area contributed by atoms with E-state index in [0.717, 1.165) is 24.8 Å². The van der Waals surface area contributed by atoms with Gasteiger partial charge in [-0.3, -0.25) is 9.78 Å². The monoisotopic (exact) mass is 402 g/mol. The molecule has 0 spiro atoms. The molecule has 1 aromatic rings. The van der Waals surface area contributed by atoms with Gasteiger partial charge in [-0.05, 0) is 57.2 Å². The highest BCUT2D eigenvalue weighted by atomic mass is 16.6. The van der Waals surface area contributed by atoms with Crippen molar-refractivity contribution in [2.45, 2.75) is 89.9 Å². The van der Waals surface area contributed by atoms with Crippen LogP contribution in [0.2, 0.25) is 0 Å². The summed E-state index contributed by atoms with van der Waals surface area (Å²) < 4.78 is 11.1. The summed E-state index contributed by atoms with van der Waals surface area (Å²) in [5.41, 5.74) is 0.530. The Morgan fingerprint density at radius 1 is 1.24 bits per heavy atom. The zero-order valence-electron chi connectivity index (χ0n) is 17.9. The van der Waals surface area contributed by atoms with Crippen molar-refractivity contribution in [3.8, 4) is 0 Å². The van der Waals surface area contributed by atoms with Gasteiger partial charge in [0.1, 0.15) is 11.7 Å². The molecular formula is C23H34N2O4. The highest BCUT2D eigenvalue weighted by molar-refractivity contribution is 5.77. The number of nitrogens with zero attached hydrogens (tertiary/aromatic N) is 1. The lowest BCUT2D eigenvalue weighted by atomic mass is 9.81. The molecule has 0 bridgehead atoms. The summed E-state index contributed by atoms with van der Waals surface area (Å²) in [7, 11) is 0. The Hall–Kier alpha value is -2.11. The molecule has 1 saturated carbocycles. The minimum absolute atomic E-state index is 0.163. The molecule has 1 aliphatic carbocycles. The Kier molecular flexibility index (Phi) is 7.14. The summed E-state index contributed by atoms with van der Waals surface area (Å²) in [4.78, 5) is 29.2. The zero-order valence-corrected chi connectivity index (χ0v) is 17.9. The number of nitrogens with one attached hydrogen (secondary N) is 1. The average Bonchev–Trinajstić information content (AvgIpc) is 3.01. The number of hydrogen-bond acceptors (Lipinski definition) is 5. The van der Waals surface area contributed by atoms with E-state index >= 15 is 0 Å². The first kappa shape index (κ1) is 21.6. The fourth-order valence-corrected chi connectivity index (χ4v) is 4.48. The van der Waals surface area contributed by atoms with Crippen LogP contribution in [0.25, 0.3) is 0 Å². The van der Waals surface area contributed by atoms with Crippen molar-refractivity contribution in [2.75, 3.05) is 0 Å². The maximum Gasteiger partial charge on any atom is 0.407 e. The number of carbonyl (C=O) groups excluding carboxylic acids is 2. The van der Waals surface area contributed by atoms with Crippen molar-refractivity contribution < 1.29 is 19.1 Å². The van der Waals surface area contributed by atoms with Gasteiger partial charge in [0.15, 0.2) is 0 Å². The van der Waals surface area contributed by atoms with Crippen LogP contribution in [0, 0.1) is 11.8 Å². The normalized spacial score (nSPS) is 24.0. The Bertz CT molecular complexity index is 680. The molecule has 1 aliphatic heterocycles. The average molecular weight is 403 g/mol. The number of hydrogen-bond donors (Lipinski definition) is 1. The number of pyridine rings is 1. The first-order chi connectivity index (χ1) is 13.8. The summed E-state index contributed by atoms with van der Waals surface area (Å²) in [6.07, 6.45) is 11.0. The number of amides is 1. The summed E-state index contributed by atoms with van der Waals surface area (Å²) >= 11 is 0. The molecule has 0 unspecified atom stereocenters. The van der Waals surface area contributed by atoms with Gasteiger partial charge in [-0.1, -0.05) is 32.1 Å². The van der Waals surface area contributed by atoms with Crippen LogP contribution in [-0.2, 0) is 20.7 Å². The standard InChI is InChI=1S/C23H34N2O4/c1-23(2,3)29-22(27)25-20(14-16-7-5-4-6-8-16)19-15-18(28-21(19)26)13-17-9-11-24-12-10-17/h9-12,16,18-20H,4-8,13-15H2,1-3H3,(H,25,27)/t18-,19-,20+/m1/s1. The van der Waals surface area contributed by atoms with E-state index in [2.05, 4.69) is 10.3 Å². The molecule has 3 atom stereocenters. The summed E-state index contributed by atoms with van der Waals surface area (Å²) in [5.74, 6) is 0.00735. The molecule has 1 saturated heterocycles. The maximum absolute atomic E-state index is 12.7. The molecule has 1 amide bonds. The van der Waals surface area contributed by atoms with Crippen LogP contribution < -0.4 is 5.32 Å². The molecule has 1 aromatic heterocycles. The van der Waals surface area contributed by atoms with Gasteiger partial charge < -0.3 is 14.8 Å². The molecule has 0 radical (unpaired) electrons. The second kappa shape index (κ2) is 9.59. The molecule has 1 N–H and O–H groups in total. The number of rotatable bonds is 6. The number of alkyl carbamates (subject to hydrolysis) is 1. The molecule has 160 valence electrons. The van der Waals surface area contributed by atoms with Crippen molar-refractivity contribution in [3.05, 3.63) is 30.1 Å². The Morgan fingerprint density at radius 2 is 1.93 bits per heavy atom. The molecule has 3 rings (SSSR count). The van der Waals surface area contributed by atoms with Gasteiger partial charge in [-0.2, -0.15) is 0 Å². The van der Waals surface area contributed by atoms with Crippen LogP contribution in [0.4, 0.5) is 4.79 Å². The lowest BCUT2D eigenvalue weighted by molar-refractivity contribution is -0.145. The van der Waals surface area contributed by atoms with Gasteiger partial charge in [0.05, 0.1) is 5.92 Å². The van der Waals surface area contributed by atoms with Crippen LogP contribution in [0.5, 0.6) is 0 Å². The number of esters is 1. The van der Waals surface area contributed by atoms with Gasteiger partial charge in [0.25, 0.3) is 0 Å². The third-order valence-corrected chi connectivity index (χ3v) is 5.81. The molecule has 6 nitrogen and oxygen atoms in total. The predicted molar refractivity (Wildman–Crippen MR) is 110 cm³/mol. The summed E-state index contributed by atoms with van der Waals surface area (Å²) in [6.45, 7) is 5.53. The molecule has 0 aromatic carbocycles. The Labute approximate surface area is 173 Å². The molecule has 2 fully saturated rings. The largest absolute Gasteiger partial charge is 0.462 e. The van der Waals surface area contributed by atoms with Crippen LogP contribution in [-0.4, -0.2) is 34.8 Å². The smallest absolute Gasteiger partial charge is 0.407 e. The highest BCUT2D eigenvalue weighted by Crippen LogP contribution is 2.33. The minimum Gasteiger partial charge on any atom is -0.462 e. The van der Waals surface area contributed by atoms with E-state index in [1.165, 1.54) is 19.3 Å². The lowest BCUT2D eigenvalue weighted by Crippen LogP contribution is -2.45. The topological polar surface area (TPSA) is 77.5 Å². The van der Waals surface area contributed by atoms with E-state index in [-0.39, 0.29) is 24.0 Å². The van der Waals surface area contributed by atoms with E-state index in [4.69, 9.17) is 9.47 Å². The van der Waals surface area contributed by atoms with Crippen LogP contribution in [0.1, 0.15) is 71.3 Å². The molecule has 29 heavy (non-hydrogen) atoms. The van der Waals surface area contributed by atoms with E-state index in [9.17, 15) is 9.59 Å². The number of ether oxygens (including phenoxy) is 2. The Balaban J connectivity index is 1.66. The quantitative estimate of drug-likeness (QED) is 0.713. The maximum atomic E-state index is 12.7. The van der Waals surface area contributed by atoms with Gasteiger partial charge >= 0.3 is 12.1 Å². The van der Waals surface area contributed by atoms with E-state index in [0.29, 0.717) is 18.8 Å². The molecule has 6 heteroatoms. The van der Waals surface area contributed by atoms with Gasteiger partial charge in [0.2, 0.25) is 0 Å². The second-order valence-electron chi connectivity index (χ2n) is 9.45. The van der Waals surface area contributed by atoms with E-state index in [1.54, 1.807) is 12.4 Å². The molecule has 2 heterocycles. The van der Waals surface area contributed by atoms with Crippen molar-refractivity contribution in [3.63, 3.8) is 0 Å². The second-order valence-corrected chi connectivity index (χ2v) is 9.45. The highest BCUT2D eigenvalue weighted by Gasteiger charge is 2.41. The van der Waals surface area contributed by atoms with Gasteiger partial charge in [-0.15, -0.1) is 0 Å². The first-order valence-electron chi connectivity index (χ1n) is 10.9. The van der Waals surface area contributed by atoms with Crippen molar-refractivity contribution >= 4 is 12.1 Å². The van der Waals surface area contributed by atoms with Crippen LogP contribution in [0.15, 0.2) is 24.5 Å². The van der Waals surface area contributed by atoms with Crippen molar-refractivity contribution in [2.24, 2.45) is 11.8 Å². The fourth-order valence-electron chi connectivity index (χ4n) is 4.48. The number of aromatic nitrogens is 1. The minimum atomic E-state index is -0.570. The lowest BCUT2D eigenvalue weighted by Gasteiger charge is -2.30. The molecular weight excluding hydrogens is 368 g/mol. The third-order valence-electron chi connectivity index (χ3n) is 5.81. The SMILES string of the molecule is CC(C)(C)OC(=O)N[C@@H](CC1CCCCC1)[C@H]1C[C@@H](Cc2ccncc2)OC1=O. The van der Waals surface area contributed by atoms with Crippen molar-refractivity contribution in [1.29, 1.82) is 0 Å². The number of cyclic esters (lactones) is 1. The molecule has 2 aliphatic rings. The third kappa shape index (κ3) is 6.72. The van der Waals surface area contributed by atoms with Gasteiger partial charge in [-0.25, -0.2) is 4.79 Å².